The maximum absolute atomic E-state index is 12.5. The minimum absolute atomic E-state index is 0.233. The number of hydrazone groups is 1. The van der Waals surface area contributed by atoms with Crippen LogP contribution in [0, 0.1) is 11.3 Å². The predicted molar refractivity (Wildman–Crippen MR) is 128 cm³/mol. The molecule has 0 aliphatic heterocycles. The van der Waals surface area contributed by atoms with E-state index in [-0.39, 0.29) is 6.61 Å². The summed E-state index contributed by atoms with van der Waals surface area (Å²) in [5, 5.41) is 13.3. The van der Waals surface area contributed by atoms with E-state index in [2.05, 4.69) is 16.6 Å². The molecular formula is C26H25N3O5. The summed E-state index contributed by atoms with van der Waals surface area (Å²) >= 11 is 0. The molecule has 0 heterocycles. The van der Waals surface area contributed by atoms with Gasteiger partial charge in [-0.15, -0.1) is 0 Å². The van der Waals surface area contributed by atoms with Gasteiger partial charge in [0.2, 0.25) is 0 Å². The fraction of sp³-hybridized carbons (Fsp3) is 0.192. The number of amides is 1. The van der Waals surface area contributed by atoms with Gasteiger partial charge in [0.05, 0.1) is 38.7 Å². The molecule has 0 atom stereocenters. The summed E-state index contributed by atoms with van der Waals surface area (Å²) in [6.07, 6.45) is 1.51. The normalized spacial score (nSPS) is 10.4. The third-order valence-corrected chi connectivity index (χ3v) is 4.78. The Kier molecular flexibility index (Phi) is 8.47. The van der Waals surface area contributed by atoms with Crippen LogP contribution in [0.4, 0.5) is 0 Å². The first-order valence-electron chi connectivity index (χ1n) is 10.5. The molecule has 0 saturated heterocycles. The van der Waals surface area contributed by atoms with Crippen LogP contribution in [0.25, 0.3) is 0 Å². The number of nitrogens with one attached hydrogen (secondary N) is 1. The van der Waals surface area contributed by atoms with Crippen molar-refractivity contribution >= 4 is 12.1 Å². The Hall–Kier alpha value is -4.51. The van der Waals surface area contributed by atoms with Gasteiger partial charge in [0.25, 0.3) is 5.91 Å². The minimum Gasteiger partial charge on any atom is -0.497 e. The zero-order chi connectivity index (χ0) is 24.3. The van der Waals surface area contributed by atoms with E-state index in [1.54, 1.807) is 42.5 Å². The Labute approximate surface area is 198 Å². The van der Waals surface area contributed by atoms with Crippen LogP contribution in [-0.4, -0.2) is 32.9 Å². The second-order valence-electron chi connectivity index (χ2n) is 7.00. The summed E-state index contributed by atoms with van der Waals surface area (Å²) in [6, 6.07) is 19.6. The van der Waals surface area contributed by atoms with Crippen molar-refractivity contribution in [2.24, 2.45) is 5.10 Å². The summed E-state index contributed by atoms with van der Waals surface area (Å²) in [7, 11) is 3.03. The Bertz CT molecular complexity index is 1200. The van der Waals surface area contributed by atoms with E-state index in [1.807, 2.05) is 25.1 Å². The van der Waals surface area contributed by atoms with E-state index in [0.717, 1.165) is 5.56 Å². The molecule has 3 aromatic rings. The highest BCUT2D eigenvalue weighted by atomic mass is 16.5. The van der Waals surface area contributed by atoms with Crippen molar-refractivity contribution in [3.63, 3.8) is 0 Å². The lowest BCUT2D eigenvalue weighted by atomic mass is 10.1. The first-order valence-corrected chi connectivity index (χ1v) is 10.5. The summed E-state index contributed by atoms with van der Waals surface area (Å²) in [4.78, 5) is 12.5. The fourth-order valence-corrected chi connectivity index (χ4v) is 3.07. The average Bonchev–Trinajstić information content (AvgIpc) is 2.88. The standard InChI is InChI=1S/C26H25N3O5/c1-4-33-25-11-18(9-10-24(25)34-17-20-8-6-5-7-19(20)15-27)16-28-29-26(30)21-12-22(31-2)14-23(13-21)32-3/h5-14,16H,4,17H2,1-3H3,(H,29,30). The Balaban J connectivity index is 1.70. The molecule has 174 valence electrons. The molecule has 1 amide bonds. The molecule has 3 rings (SSSR count). The van der Waals surface area contributed by atoms with E-state index >= 15 is 0 Å². The van der Waals surface area contributed by atoms with Crippen LogP contribution in [0.2, 0.25) is 0 Å². The van der Waals surface area contributed by atoms with E-state index < -0.39 is 5.91 Å². The number of methoxy groups -OCH3 is 2. The first-order chi connectivity index (χ1) is 16.6. The summed E-state index contributed by atoms with van der Waals surface area (Å²) in [5.41, 5.74) is 4.90. The highest BCUT2D eigenvalue weighted by molar-refractivity contribution is 5.95. The van der Waals surface area contributed by atoms with Gasteiger partial charge in [-0.1, -0.05) is 18.2 Å². The molecule has 0 bridgehead atoms. The number of carbonyl (C=O) groups excluding carboxylic acids is 1. The number of hydrogen-bond donors (Lipinski definition) is 1. The molecule has 0 aliphatic rings. The molecule has 0 fully saturated rings. The second-order valence-corrected chi connectivity index (χ2v) is 7.00. The zero-order valence-electron chi connectivity index (χ0n) is 19.2. The van der Waals surface area contributed by atoms with Crippen LogP contribution in [0.3, 0.4) is 0 Å². The molecule has 3 aromatic carbocycles. The third kappa shape index (κ3) is 6.26. The maximum Gasteiger partial charge on any atom is 0.271 e. The number of nitriles is 1. The van der Waals surface area contributed by atoms with Gasteiger partial charge >= 0.3 is 0 Å². The molecule has 0 saturated carbocycles. The van der Waals surface area contributed by atoms with Gasteiger partial charge in [-0.3, -0.25) is 4.79 Å². The number of hydrogen-bond acceptors (Lipinski definition) is 7. The van der Waals surface area contributed by atoms with Gasteiger partial charge in [0, 0.05) is 17.2 Å². The SMILES string of the molecule is CCOc1cc(C=NNC(=O)c2cc(OC)cc(OC)c2)ccc1OCc1ccccc1C#N. The number of carbonyl (C=O) groups is 1. The Morgan fingerprint density at radius 3 is 2.41 bits per heavy atom. The van der Waals surface area contributed by atoms with Crippen LogP contribution >= 0.6 is 0 Å². The molecule has 8 heteroatoms. The topological polar surface area (TPSA) is 102 Å². The smallest absolute Gasteiger partial charge is 0.271 e. The van der Waals surface area contributed by atoms with Gasteiger partial charge in [0.1, 0.15) is 18.1 Å². The molecule has 34 heavy (non-hydrogen) atoms. The molecule has 8 nitrogen and oxygen atoms in total. The number of benzene rings is 3. The van der Waals surface area contributed by atoms with Crippen molar-refractivity contribution in [3.05, 3.63) is 82.9 Å². The van der Waals surface area contributed by atoms with Crippen LogP contribution in [-0.2, 0) is 6.61 Å². The van der Waals surface area contributed by atoms with Crippen LogP contribution in [0.1, 0.15) is 34.0 Å². The lowest BCUT2D eigenvalue weighted by Crippen LogP contribution is -2.17. The molecule has 0 unspecified atom stereocenters. The molecule has 0 aromatic heterocycles. The van der Waals surface area contributed by atoms with Gasteiger partial charge in [-0.2, -0.15) is 10.4 Å². The van der Waals surface area contributed by atoms with Crippen molar-refractivity contribution < 1.29 is 23.7 Å². The van der Waals surface area contributed by atoms with Gasteiger partial charge in [-0.05, 0) is 48.9 Å². The summed E-state index contributed by atoms with van der Waals surface area (Å²) in [5.74, 6) is 1.67. The van der Waals surface area contributed by atoms with Crippen molar-refractivity contribution in [1.82, 2.24) is 5.43 Å². The van der Waals surface area contributed by atoms with E-state index in [0.29, 0.717) is 46.3 Å². The molecule has 0 radical (unpaired) electrons. The predicted octanol–water partition coefficient (Wildman–Crippen LogP) is 4.32. The highest BCUT2D eigenvalue weighted by Crippen LogP contribution is 2.29. The summed E-state index contributed by atoms with van der Waals surface area (Å²) < 4.78 is 22.0. The largest absolute Gasteiger partial charge is 0.497 e. The van der Waals surface area contributed by atoms with Gasteiger partial charge in [0.15, 0.2) is 11.5 Å². The molecule has 1 N–H and O–H groups in total. The van der Waals surface area contributed by atoms with E-state index in [9.17, 15) is 10.1 Å². The third-order valence-electron chi connectivity index (χ3n) is 4.78. The first kappa shape index (κ1) is 24.1. The quantitative estimate of drug-likeness (QED) is 0.358. The summed E-state index contributed by atoms with van der Waals surface area (Å²) in [6.45, 7) is 2.55. The zero-order valence-corrected chi connectivity index (χ0v) is 19.2. The van der Waals surface area contributed by atoms with Crippen molar-refractivity contribution in [1.29, 1.82) is 5.26 Å². The lowest BCUT2D eigenvalue weighted by molar-refractivity contribution is 0.0954. The van der Waals surface area contributed by atoms with Crippen LogP contribution in [0.5, 0.6) is 23.0 Å². The minimum atomic E-state index is -0.408. The van der Waals surface area contributed by atoms with E-state index in [1.165, 1.54) is 20.4 Å². The second kappa shape index (κ2) is 11.9. The molecule has 0 spiro atoms. The average molecular weight is 460 g/mol. The van der Waals surface area contributed by atoms with Crippen molar-refractivity contribution in [2.45, 2.75) is 13.5 Å². The van der Waals surface area contributed by atoms with Crippen LogP contribution in [0.15, 0.2) is 65.8 Å². The maximum atomic E-state index is 12.5. The monoisotopic (exact) mass is 459 g/mol. The number of rotatable bonds is 10. The lowest BCUT2D eigenvalue weighted by Gasteiger charge is -2.13. The number of ether oxygens (including phenoxy) is 4. The Morgan fingerprint density at radius 1 is 1.00 bits per heavy atom. The van der Waals surface area contributed by atoms with Gasteiger partial charge in [-0.25, -0.2) is 5.43 Å². The highest BCUT2D eigenvalue weighted by Gasteiger charge is 2.10. The van der Waals surface area contributed by atoms with Crippen molar-refractivity contribution in [3.8, 4) is 29.1 Å². The molecular weight excluding hydrogens is 434 g/mol. The number of nitrogens with zero attached hydrogens (tertiary/aromatic N) is 2. The van der Waals surface area contributed by atoms with Crippen LogP contribution < -0.4 is 24.4 Å². The molecule has 0 aliphatic carbocycles. The Morgan fingerprint density at radius 2 is 1.74 bits per heavy atom. The van der Waals surface area contributed by atoms with Crippen molar-refractivity contribution in [2.75, 3.05) is 20.8 Å². The van der Waals surface area contributed by atoms with Gasteiger partial charge < -0.3 is 18.9 Å². The van der Waals surface area contributed by atoms with E-state index in [4.69, 9.17) is 18.9 Å². The fourth-order valence-electron chi connectivity index (χ4n) is 3.07.